The summed E-state index contributed by atoms with van der Waals surface area (Å²) in [4.78, 5) is 0. The molecule has 0 spiro atoms. The van der Waals surface area contributed by atoms with Crippen molar-refractivity contribution in [3.05, 3.63) is 35.4 Å². The molecular formula is C16H25N. The average Bonchev–Trinajstić information content (AvgIpc) is 2.54. The number of rotatable bonds is 3. The fourth-order valence-electron chi connectivity index (χ4n) is 3.02. The highest BCUT2D eigenvalue weighted by Gasteiger charge is 2.45. The first-order valence-corrected chi connectivity index (χ1v) is 6.83. The van der Waals surface area contributed by atoms with Gasteiger partial charge in [0.2, 0.25) is 0 Å². The van der Waals surface area contributed by atoms with Gasteiger partial charge >= 0.3 is 0 Å². The van der Waals surface area contributed by atoms with E-state index in [0.717, 1.165) is 19.3 Å². The molecule has 1 unspecified atom stereocenters. The minimum atomic E-state index is -0.0132. The molecule has 0 radical (unpaired) electrons. The van der Waals surface area contributed by atoms with Crippen LogP contribution in [-0.4, -0.2) is 5.54 Å². The van der Waals surface area contributed by atoms with Gasteiger partial charge in [-0.2, -0.15) is 0 Å². The molecule has 1 heteroatoms. The molecule has 1 aliphatic rings. The maximum Gasteiger partial charge on any atom is 0.0246 e. The van der Waals surface area contributed by atoms with Crippen molar-refractivity contribution in [1.82, 2.24) is 0 Å². The van der Waals surface area contributed by atoms with Gasteiger partial charge in [0.1, 0.15) is 0 Å². The largest absolute Gasteiger partial charge is 0.324 e. The summed E-state index contributed by atoms with van der Waals surface area (Å²) < 4.78 is 0. The first-order chi connectivity index (χ1) is 7.97. The minimum absolute atomic E-state index is 0.0132. The van der Waals surface area contributed by atoms with Crippen molar-refractivity contribution in [1.29, 1.82) is 0 Å². The van der Waals surface area contributed by atoms with Crippen LogP contribution in [-0.2, 0) is 12.8 Å². The number of hydrogen-bond donors (Lipinski definition) is 1. The molecule has 1 nitrogen and oxygen atoms in total. The van der Waals surface area contributed by atoms with Crippen LogP contribution in [0.15, 0.2) is 24.3 Å². The highest BCUT2D eigenvalue weighted by atomic mass is 14.8. The maximum atomic E-state index is 6.64. The molecule has 2 rings (SSSR count). The molecule has 1 aliphatic carbocycles. The van der Waals surface area contributed by atoms with E-state index >= 15 is 0 Å². The zero-order chi connectivity index (χ0) is 12.5. The average molecular weight is 231 g/mol. The van der Waals surface area contributed by atoms with Crippen molar-refractivity contribution in [2.75, 3.05) is 0 Å². The summed E-state index contributed by atoms with van der Waals surface area (Å²) >= 11 is 0. The van der Waals surface area contributed by atoms with Crippen LogP contribution in [0.4, 0.5) is 0 Å². The Bertz CT molecular complexity index is 377. The fraction of sp³-hybridized carbons (Fsp3) is 0.625. The monoisotopic (exact) mass is 231 g/mol. The summed E-state index contributed by atoms with van der Waals surface area (Å²) in [6.07, 6.45) is 5.83. The van der Waals surface area contributed by atoms with Gasteiger partial charge in [0.15, 0.2) is 0 Å². The summed E-state index contributed by atoms with van der Waals surface area (Å²) in [5.74, 6) is 0. The lowest BCUT2D eigenvalue weighted by molar-refractivity contribution is 0.207. The van der Waals surface area contributed by atoms with Crippen LogP contribution < -0.4 is 5.73 Å². The smallest absolute Gasteiger partial charge is 0.0246 e. The summed E-state index contributed by atoms with van der Waals surface area (Å²) in [5.41, 5.74) is 9.70. The van der Waals surface area contributed by atoms with Gasteiger partial charge in [0.05, 0.1) is 0 Å². The van der Waals surface area contributed by atoms with E-state index in [2.05, 4.69) is 45.0 Å². The van der Waals surface area contributed by atoms with Crippen molar-refractivity contribution in [3.8, 4) is 0 Å². The Hall–Kier alpha value is -0.820. The second kappa shape index (κ2) is 4.45. The standard InChI is InChI=1S/C16H25N/c1-4-13-6-8-14(9-7-13)12-16(17)11-5-10-15(16,2)3/h6-9H,4-5,10-12,17H2,1-3H3. The van der Waals surface area contributed by atoms with Gasteiger partial charge in [0.25, 0.3) is 0 Å². The summed E-state index contributed by atoms with van der Waals surface area (Å²) in [6.45, 7) is 6.83. The molecule has 1 atom stereocenters. The van der Waals surface area contributed by atoms with Gasteiger partial charge in [-0.05, 0) is 42.2 Å². The summed E-state index contributed by atoms with van der Waals surface area (Å²) in [5, 5.41) is 0. The molecule has 1 aromatic carbocycles. The van der Waals surface area contributed by atoms with Crippen molar-refractivity contribution in [2.24, 2.45) is 11.1 Å². The summed E-state index contributed by atoms with van der Waals surface area (Å²) in [6, 6.07) is 8.98. The molecule has 0 bridgehead atoms. The molecule has 1 saturated carbocycles. The third-order valence-corrected chi connectivity index (χ3v) is 4.72. The van der Waals surface area contributed by atoms with Gasteiger partial charge in [-0.25, -0.2) is 0 Å². The van der Waals surface area contributed by atoms with Crippen LogP contribution in [0.2, 0.25) is 0 Å². The second-order valence-corrected chi connectivity index (χ2v) is 6.24. The molecule has 1 aromatic rings. The van der Waals surface area contributed by atoms with E-state index in [-0.39, 0.29) is 11.0 Å². The number of aryl methyl sites for hydroxylation is 1. The number of hydrogen-bond acceptors (Lipinski definition) is 1. The SMILES string of the molecule is CCc1ccc(CC2(N)CCCC2(C)C)cc1. The molecule has 0 amide bonds. The third-order valence-electron chi connectivity index (χ3n) is 4.72. The lowest BCUT2D eigenvalue weighted by Gasteiger charge is -2.38. The predicted molar refractivity (Wildman–Crippen MR) is 74.1 cm³/mol. The van der Waals surface area contributed by atoms with Crippen LogP contribution in [0.1, 0.15) is 51.2 Å². The van der Waals surface area contributed by atoms with Gasteiger partial charge in [-0.15, -0.1) is 0 Å². The number of benzene rings is 1. The van der Waals surface area contributed by atoms with Crippen molar-refractivity contribution >= 4 is 0 Å². The zero-order valence-electron chi connectivity index (χ0n) is 11.4. The van der Waals surface area contributed by atoms with Gasteiger partial charge in [0, 0.05) is 5.54 Å². The summed E-state index contributed by atoms with van der Waals surface area (Å²) in [7, 11) is 0. The molecular weight excluding hydrogens is 206 g/mol. The van der Waals surface area contributed by atoms with E-state index in [4.69, 9.17) is 5.73 Å². The van der Waals surface area contributed by atoms with Gasteiger partial charge in [-0.3, -0.25) is 0 Å². The van der Waals surface area contributed by atoms with E-state index in [0.29, 0.717) is 0 Å². The van der Waals surface area contributed by atoms with Crippen LogP contribution in [0.25, 0.3) is 0 Å². The fourth-order valence-corrected chi connectivity index (χ4v) is 3.02. The third kappa shape index (κ3) is 2.40. The predicted octanol–water partition coefficient (Wildman–Crippen LogP) is 3.70. The number of nitrogens with two attached hydrogens (primary N) is 1. The first-order valence-electron chi connectivity index (χ1n) is 6.83. The van der Waals surface area contributed by atoms with Crippen LogP contribution in [0.5, 0.6) is 0 Å². The normalized spacial score (nSPS) is 27.3. The Kier molecular flexibility index (Phi) is 3.31. The van der Waals surface area contributed by atoms with Gasteiger partial charge in [-0.1, -0.05) is 51.5 Å². The quantitative estimate of drug-likeness (QED) is 0.843. The highest BCUT2D eigenvalue weighted by Crippen LogP contribution is 2.45. The van der Waals surface area contributed by atoms with Crippen LogP contribution in [0.3, 0.4) is 0 Å². The molecule has 0 heterocycles. The highest BCUT2D eigenvalue weighted by molar-refractivity contribution is 5.25. The Morgan fingerprint density at radius 1 is 1.06 bits per heavy atom. The topological polar surface area (TPSA) is 26.0 Å². The molecule has 1 fully saturated rings. The Balaban J connectivity index is 2.14. The van der Waals surface area contributed by atoms with Crippen LogP contribution in [0, 0.1) is 5.41 Å². The van der Waals surface area contributed by atoms with Crippen LogP contribution >= 0.6 is 0 Å². The lowest BCUT2D eigenvalue weighted by Crippen LogP contribution is -2.50. The molecule has 2 N–H and O–H groups in total. The van der Waals surface area contributed by atoms with Gasteiger partial charge < -0.3 is 5.73 Å². The van der Waals surface area contributed by atoms with E-state index in [9.17, 15) is 0 Å². The van der Waals surface area contributed by atoms with E-state index < -0.39 is 0 Å². The van der Waals surface area contributed by atoms with Crippen molar-refractivity contribution < 1.29 is 0 Å². The van der Waals surface area contributed by atoms with E-state index in [1.165, 1.54) is 24.0 Å². The molecule has 94 valence electrons. The zero-order valence-corrected chi connectivity index (χ0v) is 11.4. The molecule has 0 aromatic heterocycles. The van der Waals surface area contributed by atoms with E-state index in [1.54, 1.807) is 0 Å². The second-order valence-electron chi connectivity index (χ2n) is 6.24. The Morgan fingerprint density at radius 3 is 2.12 bits per heavy atom. The van der Waals surface area contributed by atoms with E-state index in [1.807, 2.05) is 0 Å². The van der Waals surface area contributed by atoms with Crippen molar-refractivity contribution in [2.45, 2.75) is 58.4 Å². The Morgan fingerprint density at radius 2 is 1.65 bits per heavy atom. The molecule has 0 aliphatic heterocycles. The molecule has 0 saturated heterocycles. The lowest BCUT2D eigenvalue weighted by atomic mass is 9.72. The first kappa shape index (κ1) is 12.6. The maximum absolute atomic E-state index is 6.64. The molecule has 17 heavy (non-hydrogen) atoms. The minimum Gasteiger partial charge on any atom is -0.324 e. The van der Waals surface area contributed by atoms with Crippen molar-refractivity contribution in [3.63, 3.8) is 0 Å². The Labute approximate surface area is 105 Å².